The third-order valence-electron chi connectivity index (χ3n) is 4.09. The molecule has 0 amide bonds. The molecule has 0 radical (unpaired) electrons. The van der Waals surface area contributed by atoms with Crippen molar-refractivity contribution < 1.29 is 9.47 Å². The molecular formula is C18H29N3O2. The van der Waals surface area contributed by atoms with Crippen molar-refractivity contribution in [2.45, 2.75) is 32.7 Å². The maximum atomic E-state index is 5.48. The molecule has 1 N–H and O–H groups in total. The van der Waals surface area contributed by atoms with Crippen molar-refractivity contribution in [3.63, 3.8) is 0 Å². The smallest absolute Gasteiger partial charge is 0.193 e. The summed E-state index contributed by atoms with van der Waals surface area (Å²) < 4.78 is 10.7. The van der Waals surface area contributed by atoms with Gasteiger partial charge in [0.15, 0.2) is 5.96 Å². The number of hydrogen-bond acceptors (Lipinski definition) is 3. The van der Waals surface area contributed by atoms with Gasteiger partial charge >= 0.3 is 0 Å². The van der Waals surface area contributed by atoms with Gasteiger partial charge in [-0.05, 0) is 31.4 Å². The van der Waals surface area contributed by atoms with Gasteiger partial charge in [0.25, 0.3) is 0 Å². The number of nitrogens with zero attached hydrogens (tertiary/aromatic N) is 2. The van der Waals surface area contributed by atoms with Gasteiger partial charge in [0, 0.05) is 38.3 Å². The number of hydrogen-bond donors (Lipinski definition) is 1. The topological polar surface area (TPSA) is 46.1 Å². The second kappa shape index (κ2) is 8.65. The van der Waals surface area contributed by atoms with Gasteiger partial charge in [-0.1, -0.05) is 12.8 Å². The van der Waals surface area contributed by atoms with Crippen LogP contribution in [0.15, 0.2) is 23.2 Å². The molecule has 0 unspecified atom stereocenters. The van der Waals surface area contributed by atoms with E-state index in [0.29, 0.717) is 0 Å². The van der Waals surface area contributed by atoms with Crippen LogP contribution in [-0.4, -0.2) is 45.2 Å². The van der Waals surface area contributed by atoms with E-state index in [0.717, 1.165) is 48.6 Å². The quantitative estimate of drug-likeness (QED) is 0.591. The predicted octanol–water partition coefficient (Wildman–Crippen LogP) is 2.90. The van der Waals surface area contributed by atoms with Crippen LogP contribution in [0.3, 0.4) is 0 Å². The summed E-state index contributed by atoms with van der Waals surface area (Å²) in [5.74, 6) is 3.50. The van der Waals surface area contributed by atoms with Gasteiger partial charge in [0.2, 0.25) is 0 Å². The molecule has 1 saturated carbocycles. The van der Waals surface area contributed by atoms with Crippen LogP contribution < -0.4 is 14.8 Å². The number of ether oxygens (including phenoxy) is 2. The largest absolute Gasteiger partial charge is 0.497 e. The second-order valence-corrected chi connectivity index (χ2v) is 6.00. The minimum absolute atomic E-state index is 0.739. The molecule has 0 saturated heterocycles. The molecule has 5 nitrogen and oxygen atoms in total. The molecule has 1 aromatic carbocycles. The monoisotopic (exact) mass is 319 g/mol. The summed E-state index contributed by atoms with van der Waals surface area (Å²) in [4.78, 5) is 6.88. The van der Waals surface area contributed by atoms with Crippen molar-refractivity contribution in [1.29, 1.82) is 0 Å². The number of guanidine groups is 1. The highest BCUT2D eigenvalue weighted by Crippen LogP contribution is 2.32. The zero-order valence-corrected chi connectivity index (χ0v) is 14.8. The maximum absolute atomic E-state index is 5.48. The Kier molecular flexibility index (Phi) is 6.56. The van der Waals surface area contributed by atoms with Crippen molar-refractivity contribution in [2.24, 2.45) is 10.9 Å². The Balaban J connectivity index is 2.02. The van der Waals surface area contributed by atoms with Crippen molar-refractivity contribution in [1.82, 2.24) is 10.2 Å². The zero-order valence-electron chi connectivity index (χ0n) is 14.8. The van der Waals surface area contributed by atoms with E-state index in [4.69, 9.17) is 14.5 Å². The molecule has 0 heterocycles. The van der Waals surface area contributed by atoms with Crippen LogP contribution in [0.25, 0.3) is 0 Å². The molecule has 0 atom stereocenters. The van der Waals surface area contributed by atoms with Crippen LogP contribution >= 0.6 is 0 Å². The van der Waals surface area contributed by atoms with Gasteiger partial charge < -0.3 is 19.7 Å². The average Bonchev–Trinajstić information content (AvgIpc) is 3.38. The van der Waals surface area contributed by atoms with Gasteiger partial charge in [-0.3, -0.25) is 4.99 Å². The summed E-state index contributed by atoms with van der Waals surface area (Å²) in [6.07, 6.45) is 3.96. The molecule has 0 aromatic heterocycles. The van der Waals surface area contributed by atoms with Crippen molar-refractivity contribution >= 4 is 5.96 Å². The lowest BCUT2D eigenvalue weighted by Gasteiger charge is -2.23. The number of aliphatic imine (C=N–C) groups is 1. The van der Waals surface area contributed by atoms with E-state index < -0.39 is 0 Å². The van der Waals surface area contributed by atoms with E-state index in [1.54, 1.807) is 14.2 Å². The van der Waals surface area contributed by atoms with Gasteiger partial charge in [0.1, 0.15) is 11.5 Å². The van der Waals surface area contributed by atoms with Crippen molar-refractivity contribution in [3.8, 4) is 11.5 Å². The van der Waals surface area contributed by atoms with Crippen LogP contribution in [0.5, 0.6) is 11.5 Å². The number of benzene rings is 1. The molecule has 1 aliphatic rings. The molecule has 0 aliphatic heterocycles. The van der Waals surface area contributed by atoms with Crippen LogP contribution in [0, 0.1) is 5.92 Å². The Morgan fingerprint density at radius 1 is 1.30 bits per heavy atom. The summed E-state index contributed by atoms with van der Waals surface area (Å²) in [5.41, 5.74) is 1.11. The first kappa shape index (κ1) is 17.4. The van der Waals surface area contributed by atoms with Crippen LogP contribution in [0.1, 0.15) is 31.7 Å². The summed E-state index contributed by atoms with van der Waals surface area (Å²) in [6.45, 7) is 4.60. The Morgan fingerprint density at radius 2 is 2.09 bits per heavy atom. The SMILES string of the molecule is CCNC(=NCCC1CC1)N(C)Cc1ccc(OC)cc1OC. The summed E-state index contributed by atoms with van der Waals surface area (Å²) in [6, 6.07) is 5.92. The first-order chi connectivity index (χ1) is 11.2. The van der Waals surface area contributed by atoms with Gasteiger partial charge in [-0.25, -0.2) is 0 Å². The standard InChI is InChI=1S/C18H29N3O2/c1-5-19-18(20-11-10-14-6-7-14)21(2)13-15-8-9-16(22-3)12-17(15)23-4/h8-9,12,14H,5-7,10-11,13H2,1-4H3,(H,19,20). The number of rotatable bonds is 8. The molecule has 23 heavy (non-hydrogen) atoms. The van der Waals surface area contributed by atoms with E-state index in [1.165, 1.54) is 19.3 Å². The normalized spacial score (nSPS) is 14.5. The predicted molar refractivity (Wildman–Crippen MR) is 94.3 cm³/mol. The molecule has 0 bridgehead atoms. The summed E-state index contributed by atoms with van der Waals surface area (Å²) >= 11 is 0. The molecule has 2 rings (SSSR count). The Labute approximate surface area is 139 Å². The zero-order chi connectivity index (χ0) is 16.7. The van der Waals surface area contributed by atoms with Crippen LogP contribution in [-0.2, 0) is 6.54 Å². The molecule has 1 fully saturated rings. The number of methoxy groups -OCH3 is 2. The minimum Gasteiger partial charge on any atom is -0.497 e. The molecule has 0 spiro atoms. The lowest BCUT2D eigenvalue weighted by molar-refractivity contribution is 0.382. The van der Waals surface area contributed by atoms with Crippen molar-refractivity contribution in [2.75, 3.05) is 34.4 Å². The average molecular weight is 319 g/mol. The molecule has 1 aromatic rings. The Morgan fingerprint density at radius 3 is 2.70 bits per heavy atom. The van der Waals surface area contributed by atoms with Crippen LogP contribution in [0.2, 0.25) is 0 Å². The fraction of sp³-hybridized carbons (Fsp3) is 0.611. The highest BCUT2D eigenvalue weighted by atomic mass is 16.5. The fourth-order valence-electron chi connectivity index (χ4n) is 2.54. The van der Waals surface area contributed by atoms with E-state index in [9.17, 15) is 0 Å². The summed E-state index contributed by atoms with van der Waals surface area (Å²) in [7, 11) is 5.41. The van der Waals surface area contributed by atoms with Gasteiger partial charge in [0.05, 0.1) is 14.2 Å². The highest BCUT2D eigenvalue weighted by Gasteiger charge is 2.20. The highest BCUT2D eigenvalue weighted by molar-refractivity contribution is 5.79. The van der Waals surface area contributed by atoms with E-state index in [2.05, 4.69) is 24.2 Å². The maximum Gasteiger partial charge on any atom is 0.193 e. The lowest BCUT2D eigenvalue weighted by atomic mass is 10.2. The minimum atomic E-state index is 0.739. The molecule has 128 valence electrons. The number of nitrogens with one attached hydrogen (secondary N) is 1. The first-order valence-corrected chi connectivity index (χ1v) is 8.38. The fourth-order valence-corrected chi connectivity index (χ4v) is 2.54. The Bertz CT molecular complexity index is 527. The first-order valence-electron chi connectivity index (χ1n) is 8.38. The van der Waals surface area contributed by atoms with Crippen molar-refractivity contribution in [3.05, 3.63) is 23.8 Å². The molecular weight excluding hydrogens is 290 g/mol. The van der Waals surface area contributed by atoms with E-state index in [-0.39, 0.29) is 0 Å². The van der Waals surface area contributed by atoms with Gasteiger partial charge in [-0.2, -0.15) is 0 Å². The van der Waals surface area contributed by atoms with Crippen LogP contribution in [0.4, 0.5) is 0 Å². The molecule has 5 heteroatoms. The third-order valence-corrected chi connectivity index (χ3v) is 4.09. The lowest BCUT2D eigenvalue weighted by Crippen LogP contribution is -2.38. The second-order valence-electron chi connectivity index (χ2n) is 6.00. The van der Waals surface area contributed by atoms with Gasteiger partial charge in [-0.15, -0.1) is 0 Å². The summed E-state index contributed by atoms with van der Waals surface area (Å²) in [5, 5.41) is 3.37. The molecule has 1 aliphatic carbocycles. The third kappa shape index (κ3) is 5.34. The van der Waals surface area contributed by atoms with E-state index in [1.807, 2.05) is 18.2 Å². The Hall–Kier alpha value is -1.91. The van der Waals surface area contributed by atoms with E-state index >= 15 is 0 Å².